The van der Waals surface area contributed by atoms with E-state index < -0.39 is 0 Å². The van der Waals surface area contributed by atoms with Crippen LogP contribution in [0.5, 0.6) is 17.2 Å². The van der Waals surface area contributed by atoms with Gasteiger partial charge in [-0.25, -0.2) is 14.6 Å². The Morgan fingerprint density at radius 1 is 1.02 bits per heavy atom. The molecule has 1 N–H and O–H groups in total. The number of piperazine rings is 1. The second-order valence-electron chi connectivity index (χ2n) is 12.5. The number of hydrogen-bond acceptors (Lipinski definition) is 9. The quantitative estimate of drug-likeness (QED) is 0.309. The van der Waals surface area contributed by atoms with Gasteiger partial charge in [0.15, 0.2) is 17.1 Å². The summed E-state index contributed by atoms with van der Waals surface area (Å²) < 4.78 is 18.8. The minimum absolute atomic E-state index is 0.0507. The number of rotatable bonds is 8. The zero-order valence-corrected chi connectivity index (χ0v) is 27.0. The lowest BCUT2D eigenvalue weighted by molar-refractivity contribution is -0.137. The molecule has 11 nitrogen and oxygen atoms in total. The highest BCUT2D eigenvalue weighted by Crippen LogP contribution is 2.46. The molecule has 1 saturated heterocycles. The van der Waals surface area contributed by atoms with Gasteiger partial charge in [-0.3, -0.25) is 4.79 Å². The van der Waals surface area contributed by atoms with Crippen LogP contribution in [0.4, 0.5) is 5.82 Å². The molecule has 1 amide bonds. The summed E-state index contributed by atoms with van der Waals surface area (Å²) in [5.41, 5.74) is 4.40. The number of nitrogens with one attached hydrogen (secondary N) is 1. The summed E-state index contributed by atoms with van der Waals surface area (Å²) >= 11 is 0. The Labute approximate surface area is 269 Å². The van der Waals surface area contributed by atoms with Gasteiger partial charge in [0, 0.05) is 44.2 Å². The first-order valence-corrected chi connectivity index (χ1v) is 16.4. The van der Waals surface area contributed by atoms with Crippen LogP contribution < -0.4 is 24.4 Å². The van der Waals surface area contributed by atoms with Gasteiger partial charge in [0.2, 0.25) is 5.91 Å². The van der Waals surface area contributed by atoms with Crippen molar-refractivity contribution in [3.05, 3.63) is 65.6 Å². The minimum atomic E-state index is -0.114. The zero-order valence-electron chi connectivity index (χ0n) is 27.0. The van der Waals surface area contributed by atoms with Crippen molar-refractivity contribution in [2.24, 2.45) is 5.92 Å². The molecule has 242 valence electrons. The highest BCUT2D eigenvalue weighted by molar-refractivity contribution is 5.87. The van der Waals surface area contributed by atoms with Crippen molar-refractivity contribution in [2.45, 2.75) is 51.1 Å². The van der Waals surface area contributed by atoms with Crippen molar-refractivity contribution >= 4 is 22.8 Å². The van der Waals surface area contributed by atoms with E-state index in [2.05, 4.69) is 48.4 Å². The summed E-state index contributed by atoms with van der Waals surface area (Å²) in [7, 11) is 3.37. The fourth-order valence-electron chi connectivity index (χ4n) is 7.63. The van der Waals surface area contributed by atoms with Crippen LogP contribution in [0.25, 0.3) is 11.0 Å². The van der Waals surface area contributed by atoms with Crippen molar-refractivity contribution < 1.29 is 19.0 Å². The van der Waals surface area contributed by atoms with Gasteiger partial charge in [-0.05, 0) is 80.0 Å². The van der Waals surface area contributed by atoms with Crippen molar-refractivity contribution in [3.8, 4) is 17.2 Å². The average Bonchev–Trinajstić information content (AvgIpc) is 3.51. The number of anilines is 1. The SMILES string of the molecule is CCOc1cccc(Cn2ncc3c(N4CCN(C(=O)C5CCC6(CC5)NCCc5cc(OC)c(OC)cc56)CC4)ncnc32)c1. The Balaban J connectivity index is 0.987. The second kappa shape index (κ2) is 12.8. The van der Waals surface area contributed by atoms with Crippen molar-refractivity contribution in [2.75, 3.05) is 58.5 Å². The van der Waals surface area contributed by atoms with Crippen LogP contribution >= 0.6 is 0 Å². The molecule has 3 aliphatic rings. The first-order valence-electron chi connectivity index (χ1n) is 16.4. The first kappa shape index (κ1) is 30.3. The van der Waals surface area contributed by atoms with Gasteiger partial charge >= 0.3 is 0 Å². The van der Waals surface area contributed by atoms with Gasteiger partial charge in [-0.15, -0.1) is 0 Å². The van der Waals surface area contributed by atoms with E-state index in [9.17, 15) is 4.79 Å². The molecule has 2 aromatic heterocycles. The normalized spacial score (nSPS) is 21.3. The maximum atomic E-state index is 13.8. The molecule has 4 heterocycles. The summed E-state index contributed by atoms with van der Waals surface area (Å²) in [4.78, 5) is 27.3. The van der Waals surface area contributed by atoms with Crippen LogP contribution in [-0.4, -0.2) is 84.1 Å². The first-order chi connectivity index (χ1) is 22.5. The molecule has 1 aliphatic carbocycles. The molecule has 46 heavy (non-hydrogen) atoms. The van der Waals surface area contributed by atoms with E-state index in [-0.39, 0.29) is 17.4 Å². The van der Waals surface area contributed by atoms with E-state index in [0.29, 0.717) is 26.2 Å². The van der Waals surface area contributed by atoms with Crippen LogP contribution in [-0.2, 0) is 23.3 Å². The Hall–Kier alpha value is -4.38. The number of amides is 1. The fourth-order valence-corrected chi connectivity index (χ4v) is 7.63. The maximum Gasteiger partial charge on any atom is 0.225 e. The van der Waals surface area contributed by atoms with E-state index in [1.807, 2.05) is 36.0 Å². The minimum Gasteiger partial charge on any atom is -0.494 e. The molecule has 2 fully saturated rings. The lowest BCUT2D eigenvalue weighted by atomic mass is 9.69. The van der Waals surface area contributed by atoms with Crippen molar-refractivity contribution in [1.29, 1.82) is 0 Å². The predicted octanol–water partition coefficient (Wildman–Crippen LogP) is 4.17. The molecular formula is C35H43N7O4. The monoisotopic (exact) mass is 625 g/mol. The van der Waals surface area contributed by atoms with Gasteiger partial charge < -0.3 is 29.3 Å². The number of benzene rings is 2. The summed E-state index contributed by atoms with van der Waals surface area (Å²) in [6, 6.07) is 12.4. The summed E-state index contributed by atoms with van der Waals surface area (Å²) in [6.07, 6.45) is 8.06. The summed E-state index contributed by atoms with van der Waals surface area (Å²) in [5, 5.41) is 9.41. The molecule has 2 aliphatic heterocycles. The number of nitrogens with zero attached hydrogens (tertiary/aromatic N) is 6. The third-order valence-corrected chi connectivity index (χ3v) is 10.0. The number of methoxy groups -OCH3 is 2. The number of carbonyl (C=O) groups excluding carboxylic acids is 1. The van der Waals surface area contributed by atoms with Crippen LogP contribution in [0.1, 0.15) is 49.3 Å². The number of aromatic nitrogens is 4. The third kappa shape index (κ3) is 5.61. The molecule has 0 atom stereocenters. The summed E-state index contributed by atoms with van der Waals surface area (Å²) in [6.45, 7) is 6.96. The van der Waals surface area contributed by atoms with Gasteiger partial charge in [0.1, 0.15) is 17.9 Å². The van der Waals surface area contributed by atoms with Crippen LogP contribution in [0.3, 0.4) is 0 Å². The predicted molar refractivity (Wildman–Crippen MR) is 176 cm³/mol. The van der Waals surface area contributed by atoms with Gasteiger partial charge in [0.05, 0.1) is 39.0 Å². The molecular weight excluding hydrogens is 582 g/mol. The van der Waals surface area contributed by atoms with Gasteiger partial charge in [0.25, 0.3) is 0 Å². The van der Waals surface area contributed by atoms with Crippen molar-refractivity contribution in [1.82, 2.24) is 30.0 Å². The van der Waals surface area contributed by atoms with Gasteiger partial charge in [-0.1, -0.05) is 12.1 Å². The molecule has 1 spiro atoms. The topological polar surface area (TPSA) is 107 Å². The molecule has 0 unspecified atom stereocenters. The zero-order chi connectivity index (χ0) is 31.7. The third-order valence-electron chi connectivity index (χ3n) is 10.0. The van der Waals surface area contributed by atoms with Crippen molar-refractivity contribution in [3.63, 3.8) is 0 Å². The molecule has 4 aromatic rings. The molecule has 0 bridgehead atoms. The molecule has 11 heteroatoms. The highest BCUT2D eigenvalue weighted by atomic mass is 16.5. The van der Waals surface area contributed by atoms with E-state index in [4.69, 9.17) is 14.2 Å². The Kier molecular flexibility index (Phi) is 8.42. The van der Waals surface area contributed by atoms with Gasteiger partial charge in [-0.2, -0.15) is 5.10 Å². The Bertz CT molecular complexity index is 1710. The molecule has 0 radical (unpaired) electrons. The fraction of sp³-hybridized carbons (Fsp3) is 0.486. The highest BCUT2D eigenvalue weighted by Gasteiger charge is 2.43. The average molecular weight is 626 g/mol. The number of ether oxygens (including phenoxy) is 3. The number of fused-ring (bicyclic) bond motifs is 3. The van der Waals surface area contributed by atoms with E-state index in [1.165, 1.54) is 11.1 Å². The molecule has 7 rings (SSSR count). The lowest BCUT2D eigenvalue weighted by Crippen LogP contribution is -2.53. The van der Waals surface area contributed by atoms with Crippen LogP contribution in [0, 0.1) is 5.92 Å². The lowest BCUT2D eigenvalue weighted by Gasteiger charge is -2.46. The van der Waals surface area contributed by atoms with Crippen LogP contribution in [0.15, 0.2) is 48.9 Å². The standard InChI is InChI=1S/C35H43N7O4/c1-4-46-27-7-5-6-24(18-27)22-42-33-28(21-39-42)32(36-23-37-33)40-14-16-41(17-15-40)34(43)25-8-11-35(12-9-25)29-20-31(45-3)30(44-2)19-26(29)10-13-38-35/h5-7,18-21,23,25,38H,4,8-17,22H2,1-3H3. The second-order valence-corrected chi connectivity index (χ2v) is 12.5. The molecule has 2 aromatic carbocycles. The Morgan fingerprint density at radius 3 is 2.57 bits per heavy atom. The number of carbonyl (C=O) groups is 1. The van der Waals surface area contributed by atoms with E-state index >= 15 is 0 Å². The summed E-state index contributed by atoms with van der Waals surface area (Å²) in [5.74, 6) is 3.61. The molecule has 1 saturated carbocycles. The smallest absolute Gasteiger partial charge is 0.225 e. The van der Waals surface area contributed by atoms with E-state index in [0.717, 1.165) is 91.4 Å². The Morgan fingerprint density at radius 2 is 1.80 bits per heavy atom. The van der Waals surface area contributed by atoms with Crippen LogP contribution in [0.2, 0.25) is 0 Å². The maximum absolute atomic E-state index is 13.8. The largest absolute Gasteiger partial charge is 0.494 e. The number of hydrogen-bond donors (Lipinski definition) is 1. The van der Waals surface area contributed by atoms with E-state index in [1.54, 1.807) is 20.5 Å².